The van der Waals surface area contributed by atoms with Gasteiger partial charge < -0.3 is 9.94 Å². The van der Waals surface area contributed by atoms with Gasteiger partial charge in [0.2, 0.25) is 0 Å². The van der Waals surface area contributed by atoms with Gasteiger partial charge in [0.1, 0.15) is 12.2 Å². The largest absolute Gasteiger partial charge is 0.620 e. The van der Waals surface area contributed by atoms with Crippen LogP contribution in [0.4, 0.5) is 0 Å². The number of benzene rings is 1. The number of quaternary nitrogens is 1. The Hall–Kier alpha value is -1.69. The van der Waals surface area contributed by atoms with Gasteiger partial charge >= 0.3 is 11.8 Å². The van der Waals surface area contributed by atoms with Gasteiger partial charge in [-0.15, -0.1) is 0 Å². The lowest BCUT2D eigenvalue weighted by Crippen LogP contribution is -2.47. The number of esters is 1. The Morgan fingerprint density at radius 1 is 1.57 bits per heavy atom. The average Bonchev–Trinajstić information content (AvgIpc) is 3.03. The van der Waals surface area contributed by atoms with Crippen LogP contribution in [0.15, 0.2) is 35.6 Å². The van der Waals surface area contributed by atoms with E-state index in [4.69, 9.17) is 16.3 Å². The number of amidine groups is 1. The molecule has 110 valence electrons. The summed E-state index contributed by atoms with van der Waals surface area (Å²) in [4.78, 5) is 15.9. The number of halogens is 1. The smallest absolute Gasteiger partial charge is 0.414 e. The van der Waals surface area contributed by atoms with E-state index in [0.717, 1.165) is 17.5 Å². The Morgan fingerprint density at radius 3 is 3.14 bits per heavy atom. The van der Waals surface area contributed by atoms with Gasteiger partial charge in [0.25, 0.3) is 0 Å². The highest BCUT2D eigenvalue weighted by atomic mass is 35.5. The van der Waals surface area contributed by atoms with Crippen molar-refractivity contribution < 1.29 is 14.2 Å². The van der Waals surface area contributed by atoms with Gasteiger partial charge in [-0.3, -0.25) is 4.65 Å². The highest BCUT2D eigenvalue weighted by Gasteiger charge is 2.44. The fourth-order valence-corrected chi connectivity index (χ4v) is 3.14. The molecule has 1 aliphatic carbocycles. The van der Waals surface area contributed by atoms with Crippen LogP contribution in [0.25, 0.3) is 0 Å². The second-order valence-corrected chi connectivity index (χ2v) is 5.51. The Kier molecular flexibility index (Phi) is 3.57. The molecular weight excluding hydrogens is 292 g/mol. The fraction of sp³-hybridized carbons (Fsp3) is 0.333. The molecule has 3 rings (SSSR count). The molecule has 0 aromatic heterocycles. The van der Waals surface area contributed by atoms with E-state index in [0.29, 0.717) is 11.4 Å². The van der Waals surface area contributed by atoms with Gasteiger partial charge in [-0.2, -0.15) is 4.99 Å². The summed E-state index contributed by atoms with van der Waals surface area (Å²) < 4.78 is 4.04. The number of ether oxygens (including phenoxy) is 1. The van der Waals surface area contributed by atoms with Crippen molar-refractivity contribution in [2.45, 2.75) is 25.8 Å². The standard InChI is InChI=1S/C15H15ClN2O3/c1-2-21-15(19)14-17-7-8-18(14,20)13-6-4-10-3-5-11(16)9-12(10)13/h3,5,7-9,13H,2,4,6H2,1H3. The molecule has 0 saturated carbocycles. The van der Waals surface area contributed by atoms with E-state index < -0.39 is 16.7 Å². The summed E-state index contributed by atoms with van der Waals surface area (Å²) in [6.07, 6.45) is 4.22. The van der Waals surface area contributed by atoms with E-state index in [9.17, 15) is 10.0 Å². The minimum absolute atomic E-state index is 0.116. The van der Waals surface area contributed by atoms with Crippen molar-refractivity contribution in [3.05, 3.63) is 52.0 Å². The van der Waals surface area contributed by atoms with Crippen LogP contribution < -0.4 is 0 Å². The number of carbonyl (C=O) groups is 1. The maximum Gasteiger partial charge on any atom is 0.414 e. The van der Waals surface area contributed by atoms with Gasteiger partial charge in [-0.1, -0.05) is 17.7 Å². The summed E-state index contributed by atoms with van der Waals surface area (Å²) >= 11 is 6.04. The van der Waals surface area contributed by atoms with E-state index in [1.54, 1.807) is 13.0 Å². The van der Waals surface area contributed by atoms with Crippen LogP contribution in [0.3, 0.4) is 0 Å². The number of carbonyl (C=O) groups excluding carboxylic acids is 1. The third kappa shape index (κ3) is 2.27. The van der Waals surface area contributed by atoms with Crippen molar-refractivity contribution in [3.63, 3.8) is 0 Å². The van der Waals surface area contributed by atoms with Crippen LogP contribution in [0.2, 0.25) is 5.02 Å². The van der Waals surface area contributed by atoms with Crippen LogP contribution in [-0.2, 0) is 16.0 Å². The Labute approximate surface area is 127 Å². The molecule has 0 fully saturated rings. The molecule has 2 unspecified atom stereocenters. The molecule has 2 aliphatic rings. The van der Waals surface area contributed by atoms with Gasteiger partial charge in [0.05, 0.1) is 12.8 Å². The molecule has 0 saturated heterocycles. The van der Waals surface area contributed by atoms with Crippen LogP contribution >= 0.6 is 11.6 Å². The van der Waals surface area contributed by atoms with Crippen molar-refractivity contribution in [1.29, 1.82) is 0 Å². The molecule has 1 heterocycles. The molecule has 0 amide bonds. The van der Waals surface area contributed by atoms with Gasteiger partial charge in [0.15, 0.2) is 0 Å². The quantitative estimate of drug-likeness (QED) is 0.490. The first-order valence-corrected chi connectivity index (χ1v) is 7.25. The van der Waals surface area contributed by atoms with Gasteiger partial charge in [0, 0.05) is 17.0 Å². The molecule has 1 aromatic carbocycles. The van der Waals surface area contributed by atoms with Gasteiger partial charge in [-0.25, -0.2) is 4.79 Å². The van der Waals surface area contributed by atoms with Crippen molar-refractivity contribution >= 4 is 23.4 Å². The number of aryl methyl sites for hydroxylation is 1. The highest BCUT2D eigenvalue weighted by molar-refractivity contribution is 6.33. The molecule has 21 heavy (non-hydrogen) atoms. The number of aliphatic imine (C=N–C) groups is 1. The van der Waals surface area contributed by atoms with Crippen LogP contribution in [0.1, 0.15) is 30.5 Å². The monoisotopic (exact) mass is 306 g/mol. The number of rotatable bonds is 3. The maximum atomic E-state index is 13.2. The van der Waals surface area contributed by atoms with Crippen molar-refractivity contribution in [2.24, 2.45) is 4.99 Å². The molecule has 0 spiro atoms. The van der Waals surface area contributed by atoms with E-state index >= 15 is 0 Å². The molecular formula is C15H15ClN2O3. The zero-order chi connectivity index (χ0) is 15.0. The fourth-order valence-electron chi connectivity index (χ4n) is 2.96. The third-order valence-electron chi connectivity index (χ3n) is 3.89. The predicted octanol–water partition coefficient (Wildman–Crippen LogP) is 3.09. The summed E-state index contributed by atoms with van der Waals surface area (Å²) in [5, 5.41) is 13.8. The number of hydrogen-bond donors (Lipinski definition) is 0. The molecule has 5 nitrogen and oxygen atoms in total. The average molecular weight is 307 g/mol. The van der Waals surface area contributed by atoms with Gasteiger partial charge in [-0.05, 0) is 31.0 Å². The number of nitrogens with zero attached hydrogens (tertiary/aromatic N) is 2. The third-order valence-corrected chi connectivity index (χ3v) is 4.13. The molecule has 2 atom stereocenters. The molecule has 1 aliphatic heterocycles. The second kappa shape index (κ2) is 5.26. The normalized spacial score (nSPS) is 26.6. The number of hydroxylamine groups is 3. The zero-order valence-corrected chi connectivity index (χ0v) is 12.3. The molecule has 0 bridgehead atoms. The summed E-state index contributed by atoms with van der Waals surface area (Å²) in [6, 6.07) is 5.16. The highest BCUT2D eigenvalue weighted by Crippen LogP contribution is 2.43. The lowest BCUT2D eigenvalue weighted by Gasteiger charge is -2.40. The summed E-state index contributed by atoms with van der Waals surface area (Å²) in [7, 11) is 0. The number of hydrogen-bond acceptors (Lipinski definition) is 4. The van der Waals surface area contributed by atoms with Crippen LogP contribution in [0.5, 0.6) is 0 Å². The minimum Gasteiger partial charge on any atom is -0.620 e. The minimum atomic E-state index is -0.897. The Bertz CT molecular complexity index is 656. The van der Waals surface area contributed by atoms with Crippen LogP contribution in [-0.4, -0.2) is 23.1 Å². The first-order chi connectivity index (χ1) is 10.1. The first kappa shape index (κ1) is 14.3. The van der Waals surface area contributed by atoms with Crippen molar-refractivity contribution in [2.75, 3.05) is 6.61 Å². The lowest BCUT2D eigenvalue weighted by atomic mass is 10.1. The van der Waals surface area contributed by atoms with Crippen molar-refractivity contribution in [1.82, 2.24) is 0 Å². The number of fused-ring (bicyclic) bond motifs is 1. The summed E-state index contributed by atoms with van der Waals surface area (Å²) in [6.45, 7) is 1.91. The summed E-state index contributed by atoms with van der Waals surface area (Å²) in [5.41, 5.74) is 1.99. The molecule has 0 N–H and O–H groups in total. The zero-order valence-electron chi connectivity index (χ0n) is 11.6. The van der Waals surface area contributed by atoms with E-state index in [2.05, 4.69) is 4.99 Å². The summed E-state index contributed by atoms with van der Waals surface area (Å²) in [5.74, 6) is -0.775. The molecule has 6 heteroatoms. The predicted molar refractivity (Wildman–Crippen MR) is 79.3 cm³/mol. The molecule has 0 radical (unpaired) electrons. The maximum absolute atomic E-state index is 13.2. The van der Waals surface area contributed by atoms with E-state index in [1.165, 1.54) is 12.4 Å². The first-order valence-electron chi connectivity index (χ1n) is 6.87. The molecule has 1 aromatic rings. The van der Waals surface area contributed by atoms with Crippen LogP contribution in [0, 0.1) is 5.21 Å². The SMILES string of the molecule is CCOC(=O)C1=NC=C[N+]1([O-])C1CCc2ccc(Cl)cc21. The Balaban J connectivity index is 1.98. The van der Waals surface area contributed by atoms with E-state index in [1.807, 2.05) is 12.1 Å². The Morgan fingerprint density at radius 2 is 2.38 bits per heavy atom. The second-order valence-electron chi connectivity index (χ2n) is 5.08. The lowest BCUT2D eigenvalue weighted by molar-refractivity contribution is -0.766. The van der Waals surface area contributed by atoms with Crippen molar-refractivity contribution in [3.8, 4) is 0 Å². The topological polar surface area (TPSA) is 61.7 Å². The van der Waals surface area contributed by atoms with E-state index in [-0.39, 0.29) is 12.4 Å².